The first-order valence-corrected chi connectivity index (χ1v) is 9.43. The molecule has 2 saturated carbocycles. The van der Waals surface area contributed by atoms with E-state index in [1.54, 1.807) is 0 Å². The van der Waals surface area contributed by atoms with E-state index in [4.69, 9.17) is 0 Å². The monoisotopic (exact) mass is 312 g/mol. The fraction of sp³-hybridized carbons (Fsp3) is 0.650. The number of hydrogen-bond acceptors (Lipinski definition) is 2. The SMILES string of the molecule is O=C(c1ccccc1C1CCC1)N(CC1CCC1)C1CCNC1. The van der Waals surface area contributed by atoms with Crippen LogP contribution in [-0.4, -0.2) is 36.5 Å². The molecule has 1 heterocycles. The molecule has 23 heavy (non-hydrogen) atoms. The summed E-state index contributed by atoms with van der Waals surface area (Å²) in [5, 5.41) is 3.43. The van der Waals surface area contributed by atoms with Gasteiger partial charge in [0.05, 0.1) is 0 Å². The second kappa shape index (κ2) is 6.64. The van der Waals surface area contributed by atoms with Crippen molar-refractivity contribution in [2.75, 3.05) is 19.6 Å². The Morgan fingerprint density at radius 3 is 2.48 bits per heavy atom. The van der Waals surface area contributed by atoms with Crippen LogP contribution in [0.15, 0.2) is 24.3 Å². The highest BCUT2D eigenvalue weighted by atomic mass is 16.2. The molecule has 1 N–H and O–H groups in total. The maximum absolute atomic E-state index is 13.4. The van der Waals surface area contributed by atoms with Gasteiger partial charge in [-0.25, -0.2) is 0 Å². The normalized spacial score (nSPS) is 25.0. The van der Waals surface area contributed by atoms with E-state index in [0.717, 1.165) is 37.5 Å². The van der Waals surface area contributed by atoms with E-state index < -0.39 is 0 Å². The lowest BCUT2D eigenvalue weighted by atomic mass is 9.78. The van der Waals surface area contributed by atoms with E-state index in [1.807, 2.05) is 6.07 Å². The molecule has 1 atom stereocenters. The highest BCUT2D eigenvalue weighted by Gasteiger charge is 2.33. The smallest absolute Gasteiger partial charge is 0.254 e. The predicted octanol–water partition coefficient (Wildman–Crippen LogP) is 3.56. The van der Waals surface area contributed by atoms with Crippen molar-refractivity contribution >= 4 is 5.91 Å². The molecular weight excluding hydrogens is 284 g/mol. The Morgan fingerprint density at radius 1 is 1.09 bits per heavy atom. The molecule has 4 rings (SSSR count). The third kappa shape index (κ3) is 3.03. The molecule has 0 radical (unpaired) electrons. The number of rotatable bonds is 5. The van der Waals surface area contributed by atoms with Crippen molar-refractivity contribution in [3.8, 4) is 0 Å². The Morgan fingerprint density at radius 2 is 1.87 bits per heavy atom. The number of carbonyl (C=O) groups is 1. The number of hydrogen-bond donors (Lipinski definition) is 1. The van der Waals surface area contributed by atoms with Crippen LogP contribution in [0.1, 0.15) is 66.8 Å². The lowest BCUT2D eigenvalue weighted by Gasteiger charge is -2.37. The van der Waals surface area contributed by atoms with Crippen molar-refractivity contribution in [3.05, 3.63) is 35.4 Å². The van der Waals surface area contributed by atoms with Gasteiger partial charge < -0.3 is 10.2 Å². The summed E-state index contributed by atoms with van der Waals surface area (Å²) in [6, 6.07) is 8.76. The third-order valence-electron chi connectivity index (χ3n) is 6.15. The van der Waals surface area contributed by atoms with E-state index >= 15 is 0 Å². The lowest BCUT2D eigenvalue weighted by Crippen LogP contribution is -2.45. The van der Waals surface area contributed by atoms with Gasteiger partial charge in [-0.3, -0.25) is 4.79 Å². The average molecular weight is 312 g/mol. The molecule has 3 heteroatoms. The van der Waals surface area contributed by atoms with Crippen molar-refractivity contribution < 1.29 is 4.79 Å². The van der Waals surface area contributed by atoms with Gasteiger partial charge in [0.25, 0.3) is 5.91 Å². The standard InChI is InChI=1S/C20H28N2O/c23-20(19-10-2-1-9-18(19)16-7-4-8-16)22(14-15-5-3-6-15)17-11-12-21-13-17/h1-2,9-10,15-17,21H,3-8,11-14H2. The Bertz CT molecular complexity index is 557. The first-order chi connectivity index (χ1) is 11.3. The summed E-state index contributed by atoms with van der Waals surface area (Å²) in [7, 11) is 0. The first-order valence-electron chi connectivity index (χ1n) is 9.43. The molecule has 3 nitrogen and oxygen atoms in total. The van der Waals surface area contributed by atoms with Gasteiger partial charge in [-0.05, 0) is 62.1 Å². The fourth-order valence-corrected chi connectivity index (χ4v) is 4.18. The van der Waals surface area contributed by atoms with Crippen LogP contribution in [-0.2, 0) is 0 Å². The number of carbonyl (C=O) groups excluding carboxylic acids is 1. The minimum Gasteiger partial charge on any atom is -0.334 e. The molecule has 1 aromatic carbocycles. The van der Waals surface area contributed by atoms with Crippen LogP contribution in [0.3, 0.4) is 0 Å². The summed E-state index contributed by atoms with van der Waals surface area (Å²) in [6.45, 7) is 2.97. The van der Waals surface area contributed by atoms with Gasteiger partial charge >= 0.3 is 0 Å². The molecule has 124 valence electrons. The van der Waals surface area contributed by atoms with Crippen LogP contribution >= 0.6 is 0 Å². The average Bonchev–Trinajstić information content (AvgIpc) is 2.98. The molecule has 3 fully saturated rings. The largest absolute Gasteiger partial charge is 0.334 e. The van der Waals surface area contributed by atoms with Crippen molar-refractivity contribution in [1.29, 1.82) is 0 Å². The van der Waals surface area contributed by atoms with Gasteiger partial charge in [0, 0.05) is 24.7 Å². The summed E-state index contributed by atoms with van der Waals surface area (Å²) >= 11 is 0. The summed E-state index contributed by atoms with van der Waals surface area (Å²) in [5.41, 5.74) is 2.27. The summed E-state index contributed by atoms with van der Waals surface area (Å²) in [4.78, 5) is 15.6. The molecule has 1 aliphatic heterocycles. The quantitative estimate of drug-likeness (QED) is 0.901. The van der Waals surface area contributed by atoms with Gasteiger partial charge in [-0.2, -0.15) is 0 Å². The van der Waals surface area contributed by atoms with Crippen LogP contribution in [0, 0.1) is 5.92 Å². The maximum atomic E-state index is 13.4. The minimum absolute atomic E-state index is 0.285. The van der Waals surface area contributed by atoms with Crippen LogP contribution < -0.4 is 5.32 Å². The lowest BCUT2D eigenvalue weighted by molar-refractivity contribution is 0.0613. The zero-order valence-electron chi connectivity index (χ0n) is 14.0. The van der Waals surface area contributed by atoms with E-state index in [2.05, 4.69) is 28.4 Å². The summed E-state index contributed by atoms with van der Waals surface area (Å²) < 4.78 is 0. The fourth-order valence-electron chi connectivity index (χ4n) is 4.18. The van der Waals surface area contributed by atoms with E-state index in [-0.39, 0.29) is 5.91 Å². The van der Waals surface area contributed by atoms with E-state index in [0.29, 0.717) is 12.0 Å². The van der Waals surface area contributed by atoms with Gasteiger partial charge in [0.1, 0.15) is 0 Å². The van der Waals surface area contributed by atoms with Crippen molar-refractivity contribution in [2.45, 2.75) is 56.9 Å². The number of benzene rings is 1. The third-order valence-corrected chi connectivity index (χ3v) is 6.15. The molecular formula is C20H28N2O. The van der Waals surface area contributed by atoms with Crippen molar-refractivity contribution in [3.63, 3.8) is 0 Å². The van der Waals surface area contributed by atoms with Crippen LogP contribution in [0.25, 0.3) is 0 Å². The maximum Gasteiger partial charge on any atom is 0.254 e. The molecule has 1 saturated heterocycles. The molecule has 0 spiro atoms. The second-order valence-electron chi connectivity index (χ2n) is 7.62. The number of nitrogens with one attached hydrogen (secondary N) is 1. The molecule has 2 aliphatic carbocycles. The van der Waals surface area contributed by atoms with Crippen molar-refractivity contribution in [1.82, 2.24) is 10.2 Å². The topological polar surface area (TPSA) is 32.3 Å². The van der Waals surface area contributed by atoms with E-state index in [9.17, 15) is 4.79 Å². The van der Waals surface area contributed by atoms with E-state index in [1.165, 1.54) is 44.1 Å². The number of nitrogens with zero attached hydrogens (tertiary/aromatic N) is 1. The molecule has 1 aromatic rings. The predicted molar refractivity (Wildman–Crippen MR) is 92.7 cm³/mol. The zero-order chi connectivity index (χ0) is 15.6. The molecule has 1 unspecified atom stereocenters. The van der Waals surface area contributed by atoms with Gasteiger partial charge in [-0.15, -0.1) is 0 Å². The second-order valence-corrected chi connectivity index (χ2v) is 7.62. The Balaban J connectivity index is 1.58. The number of amides is 1. The Kier molecular flexibility index (Phi) is 4.39. The van der Waals surface area contributed by atoms with Gasteiger partial charge in [0.15, 0.2) is 0 Å². The first kappa shape index (κ1) is 15.2. The Labute approximate surface area is 139 Å². The van der Waals surface area contributed by atoms with Crippen LogP contribution in [0.5, 0.6) is 0 Å². The van der Waals surface area contributed by atoms with Crippen LogP contribution in [0.4, 0.5) is 0 Å². The van der Waals surface area contributed by atoms with Crippen LogP contribution in [0.2, 0.25) is 0 Å². The van der Waals surface area contributed by atoms with Gasteiger partial charge in [0.2, 0.25) is 0 Å². The summed E-state index contributed by atoms with van der Waals surface area (Å²) in [6.07, 6.45) is 8.85. The highest BCUT2D eigenvalue weighted by Crippen LogP contribution is 2.38. The van der Waals surface area contributed by atoms with Crippen molar-refractivity contribution in [2.24, 2.45) is 5.92 Å². The summed E-state index contributed by atoms with van der Waals surface area (Å²) in [5.74, 6) is 1.63. The molecule has 0 bridgehead atoms. The highest BCUT2D eigenvalue weighted by molar-refractivity contribution is 5.96. The molecule has 3 aliphatic rings. The zero-order valence-corrected chi connectivity index (χ0v) is 14.0. The molecule has 0 aromatic heterocycles. The Hall–Kier alpha value is -1.35. The molecule has 1 amide bonds. The minimum atomic E-state index is 0.285. The van der Waals surface area contributed by atoms with Gasteiger partial charge in [-0.1, -0.05) is 31.0 Å².